The van der Waals surface area contributed by atoms with Crippen molar-refractivity contribution < 1.29 is 13.7 Å². The summed E-state index contributed by atoms with van der Waals surface area (Å²) in [5, 5.41) is 3.88. The van der Waals surface area contributed by atoms with Gasteiger partial charge in [0.15, 0.2) is 5.82 Å². The maximum Gasteiger partial charge on any atom is 0.259 e. The molecule has 1 aromatic heterocycles. The highest BCUT2D eigenvalue weighted by Gasteiger charge is 2.28. The SMILES string of the molecule is CCCOCC(C)(N)c1noc(-c2cccc(F)c2Br)n1. The second kappa shape index (κ2) is 6.64. The van der Waals surface area contributed by atoms with Gasteiger partial charge >= 0.3 is 0 Å². The molecule has 7 heteroatoms. The summed E-state index contributed by atoms with van der Waals surface area (Å²) in [7, 11) is 0. The predicted molar refractivity (Wildman–Crippen MR) is 80.0 cm³/mol. The third-order valence-corrected chi connectivity index (χ3v) is 3.68. The Kier molecular flexibility index (Phi) is 5.08. The van der Waals surface area contributed by atoms with E-state index in [4.69, 9.17) is 15.0 Å². The first-order chi connectivity index (χ1) is 9.95. The molecular weight excluding hydrogens is 341 g/mol. The van der Waals surface area contributed by atoms with Crippen LogP contribution in [0.2, 0.25) is 0 Å². The molecule has 0 bridgehead atoms. The Bertz CT molecular complexity index is 616. The Balaban J connectivity index is 2.23. The minimum atomic E-state index is -0.864. The van der Waals surface area contributed by atoms with Crippen LogP contribution in [0, 0.1) is 5.82 Å². The van der Waals surface area contributed by atoms with E-state index in [2.05, 4.69) is 26.1 Å². The van der Waals surface area contributed by atoms with Gasteiger partial charge in [-0.15, -0.1) is 0 Å². The van der Waals surface area contributed by atoms with Crippen LogP contribution in [0.25, 0.3) is 11.5 Å². The monoisotopic (exact) mass is 357 g/mol. The molecule has 1 unspecified atom stereocenters. The first-order valence-corrected chi connectivity index (χ1v) is 7.40. The molecule has 2 rings (SSSR count). The van der Waals surface area contributed by atoms with E-state index in [-0.39, 0.29) is 17.0 Å². The second-order valence-electron chi connectivity index (χ2n) is 4.99. The largest absolute Gasteiger partial charge is 0.379 e. The van der Waals surface area contributed by atoms with Crippen LogP contribution in [0.5, 0.6) is 0 Å². The number of hydrogen-bond acceptors (Lipinski definition) is 5. The lowest BCUT2D eigenvalue weighted by atomic mass is 10.1. The average molecular weight is 358 g/mol. The molecule has 0 aliphatic carbocycles. The molecule has 1 atom stereocenters. The van der Waals surface area contributed by atoms with Crippen molar-refractivity contribution in [1.29, 1.82) is 0 Å². The van der Waals surface area contributed by atoms with Crippen LogP contribution in [0.1, 0.15) is 26.1 Å². The van der Waals surface area contributed by atoms with Crippen molar-refractivity contribution in [2.75, 3.05) is 13.2 Å². The van der Waals surface area contributed by atoms with Gasteiger partial charge in [-0.1, -0.05) is 18.1 Å². The van der Waals surface area contributed by atoms with Gasteiger partial charge in [0.05, 0.1) is 16.6 Å². The molecule has 0 aliphatic rings. The minimum absolute atomic E-state index is 0.212. The Morgan fingerprint density at radius 3 is 2.95 bits per heavy atom. The molecule has 1 heterocycles. The second-order valence-corrected chi connectivity index (χ2v) is 5.79. The number of hydrogen-bond donors (Lipinski definition) is 1. The summed E-state index contributed by atoms with van der Waals surface area (Å²) in [4.78, 5) is 4.25. The van der Waals surface area contributed by atoms with Crippen LogP contribution < -0.4 is 5.73 Å². The molecule has 5 nitrogen and oxygen atoms in total. The molecule has 1 aromatic carbocycles. The Morgan fingerprint density at radius 1 is 1.48 bits per heavy atom. The summed E-state index contributed by atoms with van der Waals surface area (Å²) in [6.45, 7) is 4.68. The summed E-state index contributed by atoms with van der Waals surface area (Å²) < 4.78 is 24.4. The lowest BCUT2D eigenvalue weighted by Gasteiger charge is -2.19. The fraction of sp³-hybridized carbons (Fsp3) is 0.429. The van der Waals surface area contributed by atoms with E-state index in [0.29, 0.717) is 18.0 Å². The van der Waals surface area contributed by atoms with Crippen LogP contribution >= 0.6 is 15.9 Å². The molecule has 21 heavy (non-hydrogen) atoms. The average Bonchev–Trinajstić information content (AvgIpc) is 2.92. The first-order valence-electron chi connectivity index (χ1n) is 6.61. The fourth-order valence-corrected chi connectivity index (χ4v) is 2.16. The van der Waals surface area contributed by atoms with Gasteiger partial charge in [0, 0.05) is 6.61 Å². The van der Waals surface area contributed by atoms with Crippen LogP contribution in [0.15, 0.2) is 27.2 Å². The molecule has 2 N–H and O–H groups in total. The smallest absolute Gasteiger partial charge is 0.259 e. The van der Waals surface area contributed by atoms with Crippen LogP contribution in [-0.2, 0) is 10.3 Å². The third-order valence-electron chi connectivity index (χ3n) is 2.87. The van der Waals surface area contributed by atoms with Crippen molar-refractivity contribution in [3.63, 3.8) is 0 Å². The first kappa shape index (κ1) is 16.1. The van der Waals surface area contributed by atoms with E-state index >= 15 is 0 Å². The summed E-state index contributed by atoms with van der Waals surface area (Å²) in [5.41, 5.74) is 5.76. The summed E-state index contributed by atoms with van der Waals surface area (Å²) in [6.07, 6.45) is 0.907. The zero-order chi connectivity index (χ0) is 15.5. The molecule has 0 fully saturated rings. The number of benzene rings is 1. The van der Waals surface area contributed by atoms with E-state index in [1.165, 1.54) is 6.07 Å². The molecule has 2 aromatic rings. The van der Waals surface area contributed by atoms with E-state index < -0.39 is 11.4 Å². The van der Waals surface area contributed by atoms with Crippen molar-refractivity contribution in [2.45, 2.75) is 25.8 Å². The van der Waals surface area contributed by atoms with Gasteiger partial charge in [0.2, 0.25) is 0 Å². The van der Waals surface area contributed by atoms with Gasteiger partial charge in [-0.25, -0.2) is 4.39 Å². The summed E-state index contributed by atoms with van der Waals surface area (Å²) >= 11 is 3.17. The molecule has 0 aliphatic heterocycles. The van der Waals surface area contributed by atoms with Gasteiger partial charge in [0.1, 0.15) is 11.4 Å². The van der Waals surface area contributed by atoms with Crippen molar-refractivity contribution >= 4 is 15.9 Å². The minimum Gasteiger partial charge on any atom is -0.379 e. The van der Waals surface area contributed by atoms with E-state index in [1.54, 1.807) is 19.1 Å². The number of rotatable bonds is 6. The standard InChI is InChI=1S/C14H17BrFN3O2/c1-3-7-20-8-14(2,17)13-18-12(21-19-13)9-5-4-6-10(16)11(9)15/h4-6H,3,7-8,17H2,1-2H3. The maximum absolute atomic E-state index is 13.5. The van der Waals surface area contributed by atoms with Crippen LogP contribution in [0.4, 0.5) is 4.39 Å². The molecule has 0 spiro atoms. The number of nitrogens with two attached hydrogens (primary N) is 1. The number of halogens is 2. The normalized spacial score (nSPS) is 14.1. The maximum atomic E-state index is 13.5. The van der Waals surface area contributed by atoms with Crippen LogP contribution in [0.3, 0.4) is 0 Å². The quantitative estimate of drug-likeness (QED) is 0.803. The fourth-order valence-electron chi connectivity index (χ4n) is 1.73. The zero-order valence-electron chi connectivity index (χ0n) is 11.9. The highest BCUT2D eigenvalue weighted by Crippen LogP contribution is 2.30. The van der Waals surface area contributed by atoms with Gasteiger partial charge in [-0.05, 0) is 41.4 Å². The topological polar surface area (TPSA) is 74.2 Å². The Labute approximate surface area is 130 Å². The lowest BCUT2D eigenvalue weighted by Crippen LogP contribution is -2.39. The van der Waals surface area contributed by atoms with E-state index in [1.807, 2.05) is 6.92 Å². The predicted octanol–water partition coefficient (Wildman–Crippen LogP) is 3.24. The molecule has 114 valence electrons. The van der Waals surface area contributed by atoms with Crippen molar-refractivity contribution in [1.82, 2.24) is 10.1 Å². The lowest BCUT2D eigenvalue weighted by molar-refractivity contribution is 0.0867. The highest BCUT2D eigenvalue weighted by atomic mass is 79.9. The Morgan fingerprint density at radius 2 is 2.24 bits per heavy atom. The van der Waals surface area contributed by atoms with Gasteiger partial charge in [0.25, 0.3) is 5.89 Å². The molecule has 0 saturated heterocycles. The van der Waals surface area contributed by atoms with Crippen molar-refractivity contribution in [3.8, 4) is 11.5 Å². The molecular formula is C14H17BrFN3O2. The summed E-state index contributed by atoms with van der Waals surface area (Å²) in [6, 6.07) is 4.60. The van der Waals surface area contributed by atoms with Crippen LogP contribution in [-0.4, -0.2) is 23.4 Å². The third kappa shape index (κ3) is 3.66. The van der Waals surface area contributed by atoms with E-state index in [0.717, 1.165) is 6.42 Å². The number of nitrogens with zero attached hydrogens (tertiary/aromatic N) is 2. The zero-order valence-corrected chi connectivity index (χ0v) is 13.5. The molecule has 0 saturated carbocycles. The summed E-state index contributed by atoms with van der Waals surface area (Å²) in [5.74, 6) is 0.141. The van der Waals surface area contributed by atoms with Gasteiger partial charge < -0.3 is 15.0 Å². The van der Waals surface area contributed by atoms with Gasteiger partial charge in [-0.2, -0.15) is 4.98 Å². The van der Waals surface area contributed by atoms with E-state index in [9.17, 15) is 4.39 Å². The van der Waals surface area contributed by atoms with Gasteiger partial charge in [-0.3, -0.25) is 0 Å². The molecule has 0 amide bonds. The Hall–Kier alpha value is -1.31. The molecule has 0 radical (unpaired) electrons. The number of ether oxygens (including phenoxy) is 1. The van der Waals surface area contributed by atoms with Crippen molar-refractivity contribution in [2.24, 2.45) is 5.73 Å². The van der Waals surface area contributed by atoms with Crippen molar-refractivity contribution in [3.05, 3.63) is 34.3 Å². The number of aromatic nitrogens is 2. The highest BCUT2D eigenvalue weighted by molar-refractivity contribution is 9.10.